The number of piperazine rings is 1. The van der Waals surface area contributed by atoms with Gasteiger partial charge in [0.15, 0.2) is 16.8 Å². The van der Waals surface area contributed by atoms with E-state index in [0.29, 0.717) is 61.7 Å². The van der Waals surface area contributed by atoms with Crippen molar-refractivity contribution in [3.8, 4) is 11.3 Å². The Morgan fingerprint density at radius 1 is 1.16 bits per heavy atom. The number of aryl methyl sites for hydroxylation is 1. The Hall–Kier alpha value is -3.36. The Morgan fingerprint density at radius 2 is 1.91 bits per heavy atom. The second-order valence-corrected chi connectivity index (χ2v) is 11.8. The molecular formula is C29H37F4N7O2S. The summed E-state index contributed by atoms with van der Waals surface area (Å²) in [6.07, 6.45) is -1.10. The molecule has 0 amide bonds. The number of thiazole rings is 1. The van der Waals surface area contributed by atoms with Crippen LogP contribution in [-0.4, -0.2) is 81.1 Å². The van der Waals surface area contributed by atoms with Gasteiger partial charge in [0.1, 0.15) is 6.33 Å². The smallest absolute Gasteiger partial charge is 0.416 e. The Morgan fingerprint density at radius 3 is 2.56 bits per heavy atom. The van der Waals surface area contributed by atoms with Crippen molar-refractivity contribution in [3.05, 3.63) is 46.3 Å². The van der Waals surface area contributed by atoms with E-state index in [1.807, 2.05) is 4.90 Å². The molecule has 5 rings (SSSR count). The molecule has 4 heterocycles. The molecule has 1 aromatic carbocycles. The van der Waals surface area contributed by atoms with E-state index in [2.05, 4.69) is 32.1 Å². The Kier molecular flexibility index (Phi) is 10.2. The van der Waals surface area contributed by atoms with Gasteiger partial charge in [-0.2, -0.15) is 17.6 Å². The Balaban J connectivity index is 0.00000423. The lowest BCUT2D eigenvalue weighted by Crippen LogP contribution is -2.47. The van der Waals surface area contributed by atoms with E-state index in [-0.39, 0.29) is 31.0 Å². The number of hydrogen-bond donors (Lipinski definition) is 2. The molecule has 3 aromatic rings. The molecule has 0 saturated carbocycles. The number of carbonyl (C=O) groups is 1. The Bertz CT molecular complexity index is 1430. The van der Waals surface area contributed by atoms with Crippen molar-refractivity contribution in [1.29, 1.82) is 0 Å². The Labute approximate surface area is 252 Å². The molecule has 2 fully saturated rings. The number of nitrogens with zero attached hydrogens (tertiary/aromatic N) is 6. The van der Waals surface area contributed by atoms with E-state index >= 15 is 4.39 Å². The molecule has 43 heavy (non-hydrogen) atoms. The normalized spacial score (nSPS) is 18.1. The highest BCUT2D eigenvalue weighted by molar-refractivity contribution is 7.16. The molecule has 0 bridgehead atoms. The first-order valence-corrected chi connectivity index (χ1v) is 14.7. The zero-order valence-corrected chi connectivity index (χ0v) is 24.2. The number of alkyl halides is 3. The van der Waals surface area contributed by atoms with Crippen LogP contribution in [0.3, 0.4) is 0 Å². The van der Waals surface area contributed by atoms with Crippen LogP contribution >= 0.6 is 11.3 Å². The van der Waals surface area contributed by atoms with Gasteiger partial charge in [0.2, 0.25) is 5.82 Å². The van der Waals surface area contributed by atoms with Crippen LogP contribution in [0.15, 0.2) is 24.5 Å². The fourth-order valence-corrected chi connectivity index (χ4v) is 6.44. The SMILES string of the molecule is C.Cc1ccc(-c2nc(Nc3ncnc(N4CCN(CCC(=O)O)CC4)c3F)sc2CN2CCC[C@H]2C)cc1C(F)(F)F. The van der Waals surface area contributed by atoms with Gasteiger partial charge >= 0.3 is 12.1 Å². The minimum Gasteiger partial charge on any atom is -0.481 e. The molecule has 2 aliphatic rings. The monoisotopic (exact) mass is 623 g/mol. The molecule has 1 atom stereocenters. The third-order valence-electron chi connectivity index (χ3n) is 7.86. The first-order chi connectivity index (χ1) is 20.0. The molecule has 2 saturated heterocycles. The molecule has 234 valence electrons. The van der Waals surface area contributed by atoms with E-state index in [9.17, 15) is 18.0 Å². The maximum atomic E-state index is 15.7. The summed E-state index contributed by atoms with van der Waals surface area (Å²) in [5, 5.41) is 12.2. The molecule has 0 unspecified atom stereocenters. The number of halogens is 4. The molecule has 0 spiro atoms. The zero-order chi connectivity index (χ0) is 30.0. The van der Waals surface area contributed by atoms with E-state index in [4.69, 9.17) is 5.11 Å². The van der Waals surface area contributed by atoms with Crippen molar-refractivity contribution in [2.75, 3.05) is 49.5 Å². The number of nitrogens with one attached hydrogen (secondary N) is 1. The van der Waals surface area contributed by atoms with Crippen LogP contribution in [0, 0.1) is 12.7 Å². The fourth-order valence-electron chi connectivity index (χ4n) is 5.43. The maximum Gasteiger partial charge on any atom is 0.416 e. The van der Waals surface area contributed by atoms with Crippen LogP contribution in [0.5, 0.6) is 0 Å². The fraction of sp³-hybridized carbons (Fsp3) is 0.517. The standard InChI is InChI=1S/C28H33F4N7O2S.CH4/c1-17-5-6-19(14-20(17)28(30,31)32)24-21(15-39-8-3-4-18(39)2)42-27(35-24)36-25-23(29)26(34-16-33-25)38-12-10-37(11-13-38)9-7-22(40)41;/h5-6,14,16,18H,3-4,7-13,15H2,1-2H3,(H,40,41)(H,33,34,35,36);1H4/t18-;/m1./s1. The second-order valence-electron chi connectivity index (χ2n) is 10.7. The summed E-state index contributed by atoms with van der Waals surface area (Å²) in [7, 11) is 0. The minimum atomic E-state index is -4.50. The van der Waals surface area contributed by atoms with E-state index < -0.39 is 23.5 Å². The van der Waals surface area contributed by atoms with Gasteiger partial charge < -0.3 is 15.3 Å². The number of aromatic nitrogens is 3. The van der Waals surface area contributed by atoms with Crippen molar-refractivity contribution >= 4 is 34.1 Å². The van der Waals surface area contributed by atoms with Gasteiger partial charge in [0, 0.05) is 55.8 Å². The number of aliphatic carboxylic acids is 1. The third kappa shape index (κ3) is 7.60. The van der Waals surface area contributed by atoms with Crippen LogP contribution in [0.2, 0.25) is 0 Å². The summed E-state index contributed by atoms with van der Waals surface area (Å²) >= 11 is 1.27. The quantitative estimate of drug-likeness (QED) is 0.277. The van der Waals surface area contributed by atoms with Crippen LogP contribution in [0.25, 0.3) is 11.3 Å². The second kappa shape index (κ2) is 13.5. The van der Waals surface area contributed by atoms with Gasteiger partial charge in [0.25, 0.3) is 0 Å². The average Bonchev–Trinajstić information content (AvgIpc) is 3.54. The van der Waals surface area contributed by atoms with Crippen molar-refractivity contribution < 1.29 is 27.5 Å². The van der Waals surface area contributed by atoms with Crippen LogP contribution < -0.4 is 10.2 Å². The third-order valence-corrected chi connectivity index (χ3v) is 8.82. The lowest BCUT2D eigenvalue weighted by atomic mass is 10.0. The summed E-state index contributed by atoms with van der Waals surface area (Å²) < 4.78 is 56.8. The molecular weight excluding hydrogens is 586 g/mol. The number of carboxylic acid groups (broad SMARTS) is 1. The highest BCUT2D eigenvalue weighted by Gasteiger charge is 2.33. The van der Waals surface area contributed by atoms with Crippen molar-refractivity contribution in [2.45, 2.75) is 59.3 Å². The van der Waals surface area contributed by atoms with Gasteiger partial charge in [-0.25, -0.2) is 15.0 Å². The maximum absolute atomic E-state index is 15.7. The van der Waals surface area contributed by atoms with Crippen LogP contribution in [-0.2, 0) is 17.5 Å². The van der Waals surface area contributed by atoms with Gasteiger partial charge in [0.05, 0.1) is 17.7 Å². The van der Waals surface area contributed by atoms with Gasteiger partial charge in [-0.15, -0.1) is 0 Å². The minimum absolute atomic E-state index is 0. The van der Waals surface area contributed by atoms with Crippen LogP contribution in [0.4, 0.5) is 34.3 Å². The van der Waals surface area contributed by atoms with Crippen molar-refractivity contribution in [1.82, 2.24) is 24.8 Å². The number of benzene rings is 1. The highest BCUT2D eigenvalue weighted by atomic mass is 32.1. The lowest BCUT2D eigenvalue weighted by Gasteiger charge is -2.35. The number of anilines is 3. The first kappa shape index (κ1) is 32.6. The van der Waals surface area contributed by atoms with E-state index in [1.54, 1.807) is 11.0 Å². The number of likely N-dealkylation sites (tertiary alicyclic amines) is 1. The number of carboxylic acids is 1. The highest BCUT2D eigenvalue weighted by Crippen LogP contribution is 2.39. The average molecular weight is 624 g/mol. The molecule has 0 radical (unpaired) electrons. The van der Waals surface area contributed by atoms with Gasteiger partial charge in [-0.05, 0) is 44.9 Å². The van der Waals surface area contributed by atoms with Gasteiger partial charge in [-0.1, -0.05) is 30.9 Å². The molecule has 14 heteroatoms. The molecule has 0 aliphatic carbocycles. The van der Waals surface area contributed by atoms with Crippen molar-refractivity contribution in [3.63, 3.8) is 0 Å². The predicted molar refractivity (Wildman–Crippen MR) is 159 cm³/mol. The summed E-state index contributed by atoms with van der Waals surface area (Å²) in [6.45, 7) is 7.49. The van der Waals surface area contributed by atoms with E-state index in [0.717, 1.165) is 30.3 Å². The molecule has 9 nitrogen and oxygen atoms in total. The first-order valence-electron chi connectivity index (χ1n) is 13.9. The molecule has 2 N–H and O–H groups in total. The van der Waals surface area contributed by atoms with Gasteiger partial charge in [-0.3, -0.25) is 14.6 Å². The topological polar surface area (TPSA) is 97.7 Å². The number of rotatable bonds is 9. The van der Waals surface area contributed by atoms with Crippen LogP contribution in [0.1, 0.15) is 49.6 Å². The predicted octanol–water partition coefficient (Wildman–Crippen LogP) is 6.03. The molecule has 2 aromatic heterocycles. The largest absolute Gasteiger partial charge is 0.481 e. The van der Waals surface area contributed by atoms with Crippen molar-refractivity contribution in [2.24, 2.45) is 0 Å². The summed E-state index contributed by atoms with van der Waals surface area (Å²) in [6, 6.07) is 4.56. The lowest BCUT2D eigenvalue weighted by molar-refractivity contribution is -0.138. The van der Waals surface area contributed by atoms with E-state index in [1.165, 1.54) is 30.7 Å². The summed E-state index contributed by atoms with van der Waals surface area (Å²) in [5.41, 5.74) is 0.202. The summed E-state index contributed by atoms with van der Waals surface area (Å²) in [4.78, 5) is 30.6. The summed E-state index contributed by atoms with van der Waals surface area (Å²) in [5.74, 6) is -1.46. The number of hydrogen-bond acceptors (Lipinski definition) is 9. The molecule has 2 aliphatic heterocycles. The zero-order valence-electron chi connectivity index (χ0n) is 23.4.